The first-order valence-corrected chi connectivity index (χ1v) is 8.59. The Kier molecular flexibility index (Phi) is 4.07. The molecule has 1 unspecified atom stereocenters. The minimum absolute atomic E-state index is 0.203. The summed E-state index contributed by atoms with van der Waals surface area (Å²) in [5, 5.41) is 13.1. The van der Waals surface area contributed by atoms with E-state index in [0.29, 0.717) is 16.7 Å². The Morgan fingerprint density at radius 1 is 1.50 bits per heavy atom. The highest BCUT2D eigenvalue weighted by Crippen LogP contribution is 2.25. The van der Waals surface area contributed by atoms with Crippen molar-refractivity contribution in [1.29, 1.82) is 0 Å². The highest BCUT2D eigenvalue weighted by Gasteiger charge is 2.20. The van der Waals surface area contributed by atoms with Gasteiger partial charge < -0.3 is 10.4 Å². The fraction of sp³-hybridized carbons (Fsp3) is 0.385. The molecule has 7 heteroatoms. The first-order valence-electron chi connectivity index (χ1n) is 6.39. The van der Waals surface area contributed by atoms with Crippen LogP contribution in [0.4, 0.5) is 5.82 Å². The standard InChI is InChI=1S/C13H15N3O2S2/c17-13(18)11-12(14-7-9-8-19-5-6-20-9)15-10-3-1-2-4-16(10)11/h1-4,9,14H,5-8H2,(H,17,18). The number of imidazole rings is 1. The van der Waals surface area contributed by atoms with Crippen LogP contribution in [0.3, 0.4) is 0 Å². The third kappa shape index (κ3) is 2.73. The molecule has 0 saturated carbocycles. The maximum Gasteiger partial charge on any atom is 0.356 e. The first-order chi connectivity index (χ1) is 9.75. The third-order valence-electron chi connectivity index (χ3n) is 3.11. The van der Waals surface area contributed by atoms with Crippen molar-refractivity contribution < 1.29 is 9.90 Å². The summed E-state index contributed by atoms with van der Waals surface area (Å²) in [6, 6.07) is 5.47. The zero-order valence-corrected chi connectivity index (χ0v) is 12.4. The second-order valence-electron chi connectivity index (χ2n) is 4.49. The lowest BCUT2D eigenvalue weighted by molar-refractivity contribution is 0.0690. The van der Waals surface area contributed by atoms with E-state index in [1.165, 1.54) is 5.75 Å². The highest BCUT2D eigenvalue weighted by molar-refractivity contribution is 8.06. The third-order valence-corrected chi connectivity index (χ3v) is 5.96. The van der Waals surface area contributed by atoms with E-state index < -0.39 is 5.97 Å². The molecule has 1 atom stereocenters. The average molecular weight is 309 g/mol. The zero-order chi connectivity index (χ0) is 13.9. The Labute approximate surface area is 125 Å². The fourth-order valence-corrected chi connectivity index (χ4v) is 4.80. The van der Waals surface area contributed by atoms with Gasteiger partial charge in [-0.1, -0.05) is 6.07 Å². The molecule has 3 heterocycles. The topological polar surface area (TPSA) is 66.6 Å². The molecular formula is C13H15N3O2S2. The van der Waals surface area contributed by atoms with Crippen LogP contribution in [0, 0.1) is 0 Å². The number of anilines is 1. The summed E-state index contributed by atoms with van der Waals surface area (Å²) in [5.41, 5.74) is 0.854. The number of hydrogen-bond donors (Lipinski definition) is 2. The number of nitrogens with one attached hydrogen (secondary N) is 1. The van der Waals surface area contributed by atoms with Gasteiger partial charge in [0.15, 0.2) is 11.5 Å². The van der Waals surface area contributed by atoms with Gasteiger partial charge in [0.1, 0.15) is 5.65 Å². The van der Waals surface area contributed by atoms with Gasteiger partial charge in [0.05, 0.1) is 0 Å². The summed E-state index contributed by atoms with van der Waals surface area (Å²) in [4.78, 5) is 15.8. The molecular weight excluding hydrogens is 294 g/mol. The summed E-state index contributed by atoms with van der Waals surface area (Å²) in [7, 11) is 0. The van der Waals surface area contributed by atoms with E-state index in [1.54, 1.807) is 16.7 Å². The van der Waals surface area contributed by atoms with E-state index in [0.717, 1.165) is 18.1 Å². The van der Waals surface area contributed by atoms with Gasteiger partial charge >= 0.3 is 5.97 Å². The molecule has 0 amide bonds. The number of hydrogen-bond acceptors (Lipinski definition) is 5. The number of fused-ring (bicyclic) bond motifs is 1. The number of aromatic carboxylic acids is 1. The van der Waals surface area contributed by atoms with E-state index in [1.807, 2.05) is 35.7 Å². The summed E-state index contributed by atoms with van der Waals surface area (Å²) >= 11 is 3.89. The Morgan fingerprint density at radius 3 is 3.15 bits per heavy atom. The first kappa shape index (κ1) is 13.6. The van der Waals surface area contributed by atoms with Gasteiger partial charge in [-0.25, -0.2) is 9.78 Å². The van der Waals surface area contributed by atoms with Crippen LogP contribution in [0.1, 0.15) is 10.5 Å². The number of thioether (sulfide) groups is 2. The normalized spacial score (nSPS) is 19.1. The lowest BCUT2D eigenvalue weighted by Crippen LogP contribution is -2.24. The second kappa shape index (κ2) is 5.97. The fourth-order valence-electron chi connectivity index (χ4n) is 2.19. The number of aromatic nitrogens is 2. The molecule has 0 radical (unpaired) electrons. The van der Waals surface area contributed by atoms with E-state index in [2.05, 4.69) is 10.3 Å². The predicted octanol–water partition coefficient (Wildman–Crippen LogP) is 2.29. The molecule has 2 aromatic rings. The van der Waals surface area contributed by atoms with Crippen LogP contribution in [-0.2, 0) is 0 Å². The molecule has 2 N–H and O–H groups in total. The molecule has 1 aliphatic heterocycles. The van der Waals surface area contributed by atoms with Crippen LogP contribution in [0.25, 0.3) is 5.65 Å². The van der Waals surface area contributed by atoms with Gasteiger partial charge in [-0.15, -0.1) is 0 Å². The number of nitrogens with zero attached hydrogens (tertiary/aromatic N) is 2. The van der Waals surface area contributed by atoms with Crippen molar-refractivity contribution >= 4 is 41.0 Å². The number of carbonyl (C=O) groups is 1. The predicted molar refractivity (Wildman–Crippen MR) is 84.2 cm³/mol. The molecule has 0 aliphatic carbocycles. The van der Waals surface area contributed by atoms with E-state index in [4.69, 9.17) is 0 Å². The SMILES string of the molecule is O=C(O)c1c(NCC2CSCCS2)nc2ccccn12. The number of carboxylic acids is 1. The summed E-state index contributed by atoms with van der Waals surface area (Å²) in [6.45, 7) is 0.752. The lowest BCUT2D eigenvalue weighted by atomic mass is 10.4. The van der Waals surface area contributed by atoms with Crippen LogP contribution in [0.15, 0.2) is 24.4 Å². The van der Waals surface area contributed by atoms with Gasteiger partial charge in [0, 0.05) is 35.3 Å². The molecule has 2 aromatic heterocycles. The summed E-state index contributed by atoms with van der Waals surface area (Å²) < 4.78 is 1.60. The minimum atomic E-state index is -0.961. The van der Waals surface area contributed by atoms with Crippen molar-refractivity contribution in [2.45, 2.75) is 5.25 Å². The molecule has 1 saturated heterocycles. The maximum absolute atomic E-state index is 11.4. The van der Waals surface area contributed by atoms with Crippen molar-refractivity contribution in [3.05, 3.63) is 30.1 Å². The van der Waals surface area contributed by atoms with Crippen LogP contribution in [0.2, 0.25) is 0 Å². The molecule has 0 bridgehead atoms. The molecule has 5 nitrogen and oxygen atoms in total. The molecule has 20 heavy (non-hydrogen) atoms. The Morgan fingerprint density at radius 2 is 2.40 bits per heavy atom. The number of pyridine rings is 1. The number of rotatable bonds is 4. The van der Waals surface area contributed by atoms with Crippen molar-refractivity contribution in [3.63, 3.8) is 0 Å². The van der Waals surface area contributed by atoms with Crippen LogP contribution in [-0.4, -0.2) is 49.5 Å². The Hall–Kier alpha value is -1.34. The van der Waals surface area contributed by atoms with E-state index in [9.17, 15) is 9.90 Å². The molecule has 0 aromatic carbocycles. The number of carboxylic acid groups (broad SMARTS) is 1. The van der Waals surface area contributed by atoms with Gasteiger partial charge in [-0.2, -0.15) is 23.5 Å². The van der Waals surface area contributed by atoms with Gasteiger partial charge in [-0.3, -0.25) is 4.40 Å². The van der Waals surface area contributed by atoms with E-state index in [-0.39, 0.29) is 5.69 Å². The zero-order valence-electron chi connectivity index (χ0n) is 10.8. The molecule has 106 valence electrons. The molecule has 1 fully saturated rings. The smallest absolute Gasteiger partial charge is 0.356 e. The monoisotopic (exact) mass is 309 g/mol. The van der Waals surface area contributed by atoms with E-state index >= 15 is 0 Å². The minimum Gasteiger partial charge on any atom is -0.476 e. The Bertz CT molecular complexity index is 623. The van der Waals surface area contributed by atoms with Crippen LogP contribution in [0.5, 0.6) is 0 Å². The van der Waals surface area contributed by atoms with Crippen LogP contribution < -0.4 is 5.32 Å². The van der Waals surface area contributed by atoms with Gasteiger partial charge in [0.25, 0.3) is 0 Å². The lowest BCUT2D eigenvalue weighted by Gasteiger charge is -2.21. The summed E-state index contributed by atoms with van der Waals surface area (Å²) in [6.07, 6.45) is 1.72. The van der Waals surface area contributed by atoms with Crippen molar-refractivity contribution in [1.82, 2.24) is 9.38 Å². The largest absolute Gasteiger partial charge is 0.476 e. The highest BCUT2D eigenvalue weighted by atomic mass is 32.2. The van der Waals surface area contributed by atoms with Crippen molar-refractivity contribution in [3.8, 4) is 0 Å². The van der Waals surface area contributed by atoms with Crippen molar-refractivity contribution in [2.24, 2.45) is 0 Å². The van der Waals surface area contributed by atoms with Gasteiger partial charge in [0.2, 0.25) is 0 Å². The summed E-state index contributed by atoms with van der Waals surface area (Å²) in [5.74, 6) is 2.97. The van der Waals surface area contributed by atoms with Crippen molar-refractivity contribution in [2.75, 3.05) is 29.1 Å². The molecule has 0 spiro atoms. The maximum atomic E-state index is 11.4. The Balaban J connectivity index is 1.82. The van der Waals surface area contributed by atoms with Gasteiger partial charge in [-0.05, 0) is 12.1 Å². The van der Waals surface area contributed by atoms with Crippen LogP contribution >= 0.6 is 23.5 Å². The second-order valence-corrected chi connectivity index (χ2v) is 7.05. The average Bonchev–Trinajstić information content (AvgIpc) is 2.84. The molecule has 3 rings (SSSR count). The molecule has 1 aliphatic rings. The quantitative estimate of drug-likeness (QED) is 0.903.